The van der Waals surface area contributed by atoms with Gasteiger partial charge in [-0.3, -0.25) is 13.9 Å². The van der Waals surface area contributed by atoms with E-state index in [2.05, 4.69) is 21.2 Å². The molecule has 1 N–H and O–H groups in total. The first kappa shape index (κ1) is 33.1. The van der Waals surface area contributed by atoms with E-state index < -0.39 is 28.5 Å². The lowest BCUT2D eigenvalue weighted by Crippen LogP contribution is -2.53. The molecule has 226 valence electrons. The van der Waals surface area contributed by atoms with Gasteiger partial charge in [0.2, 0.25) is 11.8 Å². The van der Waals surface area contributed by atoms with Crippen LogP contribution in [0.5, 0.6) is 5.75 Å². The van der Waals surface area contributed by atoms with Gasteiger partial charge >= 0.3 is 0 Å². The van der Waals surface area contributed by atoms with Crippen LogP contribution < -0.4 is 14.4 Å². The largest absolute Gasteiger partial charge is 0.494 e. The Bertz CT molecular complexity index is 1450. The summed E-state index contributed by atoms with van der Waals surface area (Å²) in [4.78, 5) is 29.1. The van der Waals surface area contributed by atoms with Crippen LogP contribution in [0.4, 0.5) is 5.69 Å². The van der Waals surface area contributed by atoms with Gasteiger partial charge in [-0.25, -0.2) is 8.42 Å². The monoisotopic (exact) mass is 657 g/mol. The zero-order valence-electron chi connectivity index (χ0n) is 24.8. The minimum atomic E-state index is -4.16. The highest BCUT2D eigenvalue weighted by molar-refractivity contribution is 9.10. The first-order chi connectivity index (χ1) is 20.0. The van der Waals surface area contributed by atoms with Crippen LogP contribution in [0.3, 0.4) is 0 Å². The molecule has 0 radical (unpaired) electrons. The van der Waals surface area contributed by atoms with Gasteiger partial charge in [0.1, 0.15) is 18.3 Å². The predicted octanol–water partition coefficient (Wildman–Crippen LogP) is 6.07. The van der Waals surface area contributed by atoms with Gasteiger partial charge in [-0.1, -0.05) is 59.6 Å². The zero-order chi connectivity index (χ0) is 30.9. The standard InChI is InChI=1S/C32H40BrN3O5S/c1-6-24(5)34-32(38)30(7-2)35(21-25-11-9-10-23(4)20-25)31(37)22-36(27-14-16-28(17-15-27)41-8-3)42(39,40)29-18-12-26(33)13-19-29/h9-20,24,30H,6-8,21-22H2,1-5H3,(H,34,38)/t24-,30+/m1/s1. The molecule has 3 aromatic carbocycles. The summed E-state index contributed by atoms with van der Waals surface area (Å²) >= 11 is 3.35. The Balaban J connectivity index is 2.06. The van der Waals surface area contributed by atoms with Gasteiger partial charge in [-0.15, -0.1) is 0 Å². The molecule has 8 nitrogen and oxygen atoms in total. The smallest absolute Gasteiger partial charge is 0.264 e. The number of ether oxygens (including phenoxy) is 1. The number of hydrogen-bond acceptors (Lipinski definition) is 5. The van der Waals surface area contributed by atoms with E-state index in [-0.39, 0.29) is 23.4 Å². The second-order valence-electron chi connectivity index (χ2n) is 10.1. The summed E-state index contributed by atoms with van der Waals surface area (Å²) < 4.78 is 35.4. The minimum Gasteiger partial charge on any atom is -0.494 e. The molecule has 3 rings (SSSR count). The number of sulfonamides is 1. The molecular formula is C32H40BrN3O5S. The van der Waals surface area contributed by atoms with Gasteiger partial charge in [0.15, 0.2) is 0 Å². The van der Waals surface area contributed by atoms with Crippen LogP contribution in [0.1, 0.15) is 51.7 Å². The normalized spacial score (nSPS) is 12.7. The topological polar surface area (TPSA) is 96.0 Å². The number of anilines is 1. The molecule has 0 saturated heterocycles. The maximum atomic E-state index is 14.2. The van der Waals surface area contributed by atoms with Crippen molar-refractivity contribution in [2.75, 3.05) is 17.5 Å². The SMILES string of the molecule is CCOc1ccc(N(CC(=O)N(Cc2cccc(C)c2)[C@@H](CC)C(=O)N[C@H](C)CC)S(=O)(=O)c2ccc(Br)cc2)cc1. The Labute approximate surface area is 258 Å². The van der Waals surface area contributed by atoms with Gasteiger partial charge in [0, 0.05) is 17.1 Å². The number of nitrogens with one attached hydrogen (secondary N) is 1. The van der Waals surface area contributed by atoms with Crippen molar-refractivity contribution in [3.05, 3.63) is 88.4 Å². The lowest BCUT2D eigenvalue weighted by atomic mass is 10.1. The Hall–Kier alpha value is -3.37. The number of benzene rings is 3. The van der Waals surface area contributed by atoms with E-state index in [1.165, 1.54) is 17.0 Å². The summed E-state index contributed by atoms with van der Waals surface area (Å²) in [6, 6.07) is 19.7. The van der Waals surface area contributed by atoms with Crippen molar-refractivity contribution in [3.63, 3.8) is 0 Å². The van der Waals surface area contributed by atoms with E-state index in [1.54, 1.807) is 36.4 Å². The predicted molar refractivity (Wildman–Crippen MR) is 170 cm³/mol. The first-order valence-corrected chi connectivity index (χ1v) is 16.4. The lowest BCUT2D eigenvalue weighted by Gasteiger charge is -2.33. The molecule has 2 amide bonds. The van der Waals surface area contributed by atoms with Gasteiger partial charge < -0.3 is 15.0 Å². The summed E-state index contributed by atoms with van der Waals surface area (Å²) in [5.74, 6) is -0.170. The molecule has 0 bridgehead atoms. The number of carbonyl (C=O) groups excluding carboxylic acids is 2. The lowest BCUT2D eigenvalue weighted by molar-refractivity contribution is -0.140. The molecule has 0 aromatic heterocycles. The summed E-state index contributed by atoms with van der Waals surface area (Å²) in [7, 11) is -4.16. The number of nitrogens with zero attached hydrogens (tertiary/aromatic N) is 2. The van der Waals surface area contributed by atoms with Crippen LogP contribution in [0.2, 0.25) is 0 Å². The van der Waals surface area contributed by atoms with Crippen molar-refractivity contribution in [1.82, 2.24) is 10.2 Å². The fraction of sp³-hybridized carbons (Fsp3) is 0.375. The van der Waals surface area contributed by atoms with Crippen LogP contribution in [0.25, 0.3) is 0 Å². The fourth-order valence-electron chi connectivity index (χ4n) is 4.51. The fourth-order valence-corrected chi connectivity index (χ4v) is 6.18. The van der Waals surface area contributed by atoms with E-state index in [0.717, 1.165) is 26.3 Å². The molecule has 3 aromatic rings. The number of hydrogen-bond donors (Lipinski definition) is 1. The molecular weight excluding hydrogens is 618 g/mol. The number of aryl methyl sites for hydroxylation is 1. The average Bonchev–Trinajstić information content (AvgIpc) is 2.96. The van der Waals surface area contributed by atoms with Crippen LogP contribution in [0, 0.1) is 6.92 Å². The van der Waals surface area contributed by atoms with Gasteiger partial charge in [-0.2, -0.15) is 0 Å². The van der Waals surface area contributed by atoms with Crippen LogP contribution in [-0.4, -0.2) is 50.4 Å². The highest BCUT2D eigenvalue weighted by Gasteiger charge is 2.34. The van der Waals surface area contributed by atoms with E-state index >= 15 is 0 Å². The van der Waals surface area contributed by atoms with Crippen molar-refractivity contribution in [2.24, 2.45) is 0 Å². The van der Waals surface area contributed by atoms with Gasteiger partial charge in [0.25, 0.3) is 10.0 Å². The van der Waals surface area contributed by atoms with E-state index in [1.807, 2.05) is 58.9 Å². The Kier molecular flexibility index (Phi) is 12.0. The third-order valence-corrected chi connectivity index (χ3v) is 9.26. The van der Waals surface area contributed by atoms with Gasteiger partial charge in [-0.05, 0) is 87.7 Å². The first-order valence-electron chi connectivity index (χ1n) is 14.2. The number of amides is 2. The zero-order valence-corrected chi connectivity index (χ0v) is 27.2. The molecule has 2 atom stereocenters. The molecule has 0 aliphatic carbocycles. The van der Waals surface area contributed by atoms with Crippen LogP contribution in [0.15, 0.2) is 82.2 Å². The van der Waals surface area contributed by atoms with Gasteiger partial charge in [0.05, 0.1) is 17.2 Å². The van der Waals surface area contributed by atoms with E-state index in [9.17, 15) is 18.0 Å². The van der Waals surface area contributed by atoms with Crippen molar-refractivity contribution >= 4 is 43.5 Å². The third kappa shape index (κ3) is 8.58. The Morgan fingerprint density at radius 2 is 1.62 bits per heavy atom. The van der Waals surface area contributed by atoms with Crippen molar-refractivity contribution in [1.29, 1.82) is 0 Å². The number of rotatable bonds is 14. The molecule has 0 saturated carbocycles. The summed E-state index contributed by atoms with van der Waals surface area (Å²) in [5.41, 5.74) is 2.18. The molecule has 0 aliphatic heterocycles. The quantitative estimate of drug-likeness (QED) is 0.227. The highest BCUT2D eigenvalue weighted by Crippen LogP contribution is 2.27. The number of halogens is 1. The molecule has 10 heteroatoms. The van der Waals surface area contributed by atoms with Crippen molar-refractivity contribution < 1.29 is 22.7 Å². The maximum absolute atomic E-state index is 14.2. The Morgan fingerprint density at radius 1 is 0.952 bits per heavy atom. The van der Waals surface area contributed by atoms with Crippen LogP contribution >= 0.6 is 15.9 Å². The molecule has 0 unspecified atom stereocenters. The minimum absolute atomic E-state index is 0.0409. The van der Waals surface area contributed by atoms with Crippen LogP contribution in [-0.2, 0) is 26.2 Å². The Morgan fingerprint density at radius 3 is 2.19 bits per heavy atom. The third-order valence-electron chi connectivity index (χ3n) is 6.94. The summed E-state index contributed by atoms with van der Waals surface area (Å²) in [5, 5.41) is 2.99. The molecule has 0 heterocycles. The molecule has 0 fully saturated rings. The molecule has 42 heavy (non-hydrogen) atoms. The van der Waals surface area contributed by atoms with E-state index in [0.29, 0.717) is 24.5 Å². The summed E-state index contributed by atoms with van der Waals surface area (Å²) in [6.45, 7) is 9.68. The second-order valence-corrected chi connectivity index (χ2v) is 12.9. The molecule has 0 aliphatic rings. The second kappa shape index (κ2) is 15.2. The van der Waals surface area contributed by atoms with Crippen molar-refractivity contribution in [3.8, 4) is 5.75 Å². The summed E-state index contributed by atoms with van der Waals surface area (Å²) in [6.07, 6.45) is 1.10. The van der Waals surface area contributed by atoms with Crippen molar-refractivity contribution in [2.45, 2.75) is 71.0 Å². The average molecular weight is 659 g/mol. The molecule has 0 spiro atoms. The number of carbonyl (C=O) groups is 2. The van der Waals surface area contributed by atoms with E-state index in [4.69, 9.17) is 4.74 Å². The highest BCUT2D eigenvalue weighted by atomic mass is 79.9. The maximum Gasteiger partial charge on any atom is 0.264 e.